The van der Waals surface area contributed by atoms with E-state index in [4.69, 9.17) is 10.2 Å². The highest BCUT2D eigenvalue weighted by molar-refractivity contribution is 5.91. The number of furan rings is 1. The molecule has 1 atom stereocenters. The Morgan fingerprint density at radius 2 is 2.33 bits per heavy atom. The molecule has 84 valence electrons. The molecular weight excluding hydrogens is 192 g/mol. The first-order valence-electron chi connectivity index (χ1n) is 5.23. The number of carbonyl (C=O) groups is 1. The van der Waals surface area contributed by atoms with Crippen LogP contribution in [-0.2, 0) is 0 Å². The number of carbonyl (C=O) groups excluding carboxylic acids is 1. The summed E-state index contributed by atoms with van der Waals surface area (Å²) in [4.78, 5) is 11.5. The molecule has 1 aromatic heterocycles. The molecule has 0 bridgehead atoms. The Balaban J connectivity index is 2.31. The molecular formula is C11H18N2O2. The van der Waals surface area contributed by atoms with Crippen molar-refractivity contribution in [2.45, 2.75) is 32.7 Å². The standard InChI is InChI=1S/C11H18N2O2/c1-3-9(12)6-7-13-11(14)10-5-4-8(2)15-10/h4-5,9H,3,6-7,12H2,1-2H3,(H,13,14). The van der Waals surface area contributed by atoms with E-state index in [1.807, 2.05) is 13.8 Å². The van der Waals surface area contributed by atoms with Crippen LogP contribution < -0.4 is 11.1 Å². The Bertz CT molecular complexity index is 320. The first-order chi connectivity index (χ1) is 7.13. The largest absolute Gasteiger partial charge is 0.456 e. The molecule has 4 nitrogen and oxygen atoms in total. The van der Waals surface area contributed by atoms with Crippen molar-refractivity contribution in [1.29, 1.82) is 0 Å². The Hall–Kier alpha value is -1.29. The third-order valence-corrected chi connectivity index (χ3v) is 2.29. The van der Waals surface area contributed by atoms with Crippen LogP contribution >= 0.6 is 0 Å². The summed E-state index contributed by atoms with van der Waals surface area (Å²) in [6, 6.07) is 3.60. The molecule has 1 heterocycles. The van der Waals surface area contributed by atoms with E-state index in [0.717, 1.165) is 18.6 Å². The van der Waals surface area contributed by atoms with Gasteiger partial charge >= 0.3 is 0 Å². The second-order valence-electron chi connectivity index (χ2n) is 3.62. The first-order valence-corrected chi connectivity index (χ1v) is 5.23. The molecule has 3 N–H and O–H groups in total. The summed E-state index contributed by atoms with van der Waals surface area (Å²) in [5.74, 6) is 0.925. The predicted octanol–water partition coefficient (Wildman–Crippen LogP) is 1.45. The lowest BCUT2D eigenvalue weighted by atomic mass is 10.2. The number of nitrogens with one attached hydrogen (secondary N) is 1. The molecule has 15 heavy (non-hydrogen) atoms. The Morgan fingerprint density at radius 1 is 1.60 bits per heavy atom. The van der Waals surface area contributed by atoms with Crippen LogP contribution in [0.1, 0.15) is 36.1 Å². The zero-order chi connectivity index (χ0) is 11.3. The van der Waals surface area contributed by atoms with E-state index in [0.29, 0.717) is 12.3 Å². The van der Waals surface area contributed by atoms with E-state index in [2.05, 4.69) is 5.32 Å². The lowest BCUT2D eigenvalue weighted by Crippen LogP contribution is -2.29. The summed E-state index contributed by atoms with van der Waals surface area (Å²) in [6.07, 6.45) is 1.72. The van der Waals surface area contributed by atoms with Gasteiger partial charge in [0.2, 0.25) is 0 Å². The minimum Gasteiger partial charge on any atom is -0.456 e. The van der Waals surface area contributed by atoms with E-state index < -0.39 is 0 Å². The van der Waals surface area contributed by atoms with Gasteiger partial charge in [0.1, 0.15) is 5.76 Å². The summed E-state index contributed by atoms with van der Waals surface area (Å²) in [7, 11) is 0. The summed E-state index contributed by atoms with van der Waals surface area (Å²) in [5.41, 5.74) is 5.73. The van der Waals surface area contributed by atoms with Gasteiger partial charge in [-0.15, -0.1) is 0 Å². The van der Waals surface area contributed by atoms with Gasteiger partial charge in [-0.2, -0.15) is 0 Å². The second-order valence-corrected chi connectivity index (χ2v) is 3.62. The molecule has 0 aliphatic rings. The van der Waals surface area contributed by atoms with Gasteiger partial charge in [0, 0.05) is 12.6 Å². The molecule has 1 amide bonds. The van der Waals surface area contributed by atoms with E-state index in [-0.39, 0.29) is 11.9 Å². The fourth-order valence-electron chi connectivity index (χ4n) is 1.22. The first kappa shape index (κ1) is 11.8. The van der Waals surface area contributed by atoms with E-state index in [1.165, 1.54) is 0 Å². The SMILES string of the molecule is CCC(N)CCNC(=O)c1ccc(C)o1. The van der Waals surface area contributed by atoms with Crippen molar-refractivity contribution >= 4 is 5.91 Å². The van der Waals surface area contributed by atoms with Crippen LogP contribution in [0.15, 0.2) is 16.5 Å². The van der Waals surface area contributed by atoms with Gasteiger partial charge in [-0.25, -0.2) is 0 Å². The van der Waals surface area contributed by atoms with Crippen molar-refractivity contribution < 1.29 is 9.21 Å². The smallest absolute Gasteiger partial charge is 0.286 e. The normalized spacial score (nSPS) is 12.5. The molecule has 1 rings (SSSR count). The summed E-state index contributed by atoms with van der Waals surface area (Å²) in [5, 5.41) is 2.76. The third-order valence-electron chi connectivity index (χ3n) is 2.29. The Morgan fingerprint density at radius 3 is 2.87 bits per heavy atom. The molecule has 0 aliphatic heterocycles. The summed E-state index contributed by atoms with van der Waals surface area (Å²) >= 11 is 0. The van der Waals surface area contributed by atoms with Crippen LogP contribution in [0.3, 0.4) is 0 Å². The Labute approximate surface area is 89.8 Å². The maximum atomic E-state index is 11.5. The molecule has 0 aliphatic carbocycles. The average molecular weight is 210 g/mol. The number of amides is 1. The molecule has 4 heteroatoms. The zero-order valence-corrected chi connectivity index (χ0v) is 9.25. The molecule has 1 unspecified atom stereocenters. The number of rotatable bonds is 5. The molecule has 0 spiro atoms. The molecule has 0 aromatic carbocycles. The van der Waals surface area contributed by atoms with Gasteiger partial charge < -0.3 is 15.5 Å². The highest BCUT2D eigenvalue weighted by atomic mass is 16.3. The Kier molecular flexibility index (Phi) is 4.37. The lowest BCUT2D eigenvalue weighted by molar-refractivity contribution is 0.0923. The van der Waals surface area contributed by atoms with Gasteiger partial charge in [0.15, 0.2) is 5.76 Å². The molecule has 1 aromatic rings. The van der Waals surface area contributed by atoms with Crippen LogP contribution in [-0.4, -0.2) is 18.5 Å². The van der Waals surface area contributed by atoms with Crippen LogP contribution in [0, 0.1) is 6.92 Å². The van der Waals surface area contributed by atoms with Gasteiger partial charge in [-0.05, 0) is 31.9 Å². The van der Waals surface area contributed by atoms with Crippen molar-refractivity contribution in [3.8, 4) is 0 Å². The number of hydrogen-bond acceptors (Lipinski definition) is 3. The third kappa shape index (κ3) is 3.75. The fourth-order valence-corrected chi connectivity index (χ4v) is 1.22. The van der Waals surface area contributed by atoms with Crippen molar-refractivity contribution in [2.75, 3.05) is 6.54 Å². The van der Waals surface area contributed by atoms with Gasteiger partial charge in [-0.1, -0.05) is 6.92 Å². The van der Waals surface area contributed by atoms with Gasteiger partial charge in [0.05, 0.1) is 0 Å². The quantitative estimate of drug-likeness (QED) is 0.772. The number of nitrogens with two attached hydrogens (primary N) is 1. The zero-order valence-electron chi connectivity index (χ0n) is 9.25. The van der Waals surface area contributed by atoms with Gasteiger partial charge in [0.25, 0.3) is 5.91 Å². The van der Waals surface area contributed by atoms with Crippen molar-refractivity contribution in [2.24, 2.45) is 5.73 Å². The van der Waals surface area contributed by atoms with Crippen LogP contribution in [0.25, 0.3) is 0 Å². The van der Waals surface area contributed by atoms with Crippen molar-refractivity contribution in [3.63, 3.8) is 0 Å². The van der Waals surface area contributed by atoms with E-state index >= 15 is 0 Å². The summed E-state index contributed by atoms with van der Waals surface area (Å²) in [6.45, 7) is 4.43. The molecule has 0 fully saturated rings. The second kappa shape index (κ2) is 5.56. The van der Waals surface area contributed by atoms with Crippen molar-refractivity contribution in [3.05, 3.63) is 23.7 Å². The van der Waals surface area contributed by atoms with Crippen molar-refractivity contribution in [1.82, 2.24) is 5.32 Å². The molecule has 0 saturated carbocycles. The topological polar surface area (TPSA) is 68.3 Å². The monoisotopic (exact) mass is 210 g/mol. The minimum absolute atomic E-state index is 0.156. The van der Waals surface area contributed by atoms with E-state index in [9.17, 15) is 4.79 Å². The predicted molar refractivity (Wildman–Crippen MR) is 58.7 cm³/mol. The molecule has 0 radical (unpaired) electrons. The molecule has 0 saturated heterocycles. The van der Waals surface area contributed by atoms with Crippen LogP contribution in [0.2, 0.25) is 0 Å². The average Bonchev–Trinajstić information content (AvgIpc) is 2.64. The fraction of sp³-hybridized carbons (Fsp3) is 0.545. The van der Waals surface area contributed by atoms with E-state index in [1.54, 1.807) is 12.1 Å². The maximum Gasteiger partial charge on any atom is 0.286 e. The van der Waals surface area contributed by atoms with Crippen LogP contribution in [0.4, 0.5) is 0 Å². The minimum atomic E-state index is -0.175. The lowest BCUT2D eigenvalue weighted by Gasteiger charge is -2.08. The number of aryl methyl sites for hydroxylation is 1. The highest BCUT2D eigenvalue weighted by Crippen LogP contribution is 2.05. The summed E-state index contributed by atoms with van der Waals surface area (Å²) < 4.78 is 5.19. The maximum absolute atomic E-state index is 11.5. The highest BCUT2D eigenvalue weighted by Gasteiger charge is 2.09. The van der Waals surface area contributed by atoms with Gasteiger partial charge in [-0.3, -0.25) is 4.79 Å². The number of hydrogen-bond donors (Lipinski definition) is 2. The van der Waals surface area contributed by atoms with Crippen LogP contribution in [0.5, 0.6) is 0 Å².